The number of halogens is 3. The van der Waals surface area contributed by atoms with Gasteiger partial charge in [0.2, 0.25) is 5.95 Å². The molecule has 0 spiro atoms. The third-order valence-corrected chi connectivity index (χ3v) is 4.87. The van der Waals surface area contributed by atoms with E-state index in [0.717, 1.165) is 6.07 Å². The predicted octanol–water partition coefficient (Wildman–Crippen LogP) is 3.15. The van der Waals surface area contributed by atoms with E-state index in [9.17, 15) is 13.6 Å². The minimum atomic E-state index is -0.855. The van der Waals surface area contributed by atoms with Gasteiger partial charge in [-0.1, -0.05) is 11.6 Å². The molecule has 2 aliphatic heterocycles. The highest BCUT2D eigenvalue weighted by atomic mass is 35.5. The molecule has 1 fully saturated rings. The number of rotatable bonds is 1. The van der Waals surface area contributed by atoms with Gasteiger partial charge in [0.25, 0.3) is 0 Å². The molecule has 1 aromatic carbocycles. The minimum Gasteiger partial charge on any atom is -0.489 e. The van der Waals surface area contributed by atoms with Gasteiger partial charge in [-0.3, -0.25) is 4.90 Å². The predicted molar refractivity (Wildman–Crippen MR) is 97.6 cm³/mol. The van der Waals surface area contributed by atoms with Gasteiger partial charge in [0.1, 0.15) is 24.0 Å². The second-order valence-corrected chi connectivity index (χ2v) is 6.77. The van der Waals surface area contributed by atoms with E-state index in [-0.39, 0.29) is 11.8 Å². The number of anilines is 2. The molecular weight excluding hydrogens is 378 g/mol. The monoisotopic (exact) mass is 394 g/mol. The van der Waals surface area contributed by atoms with Crippen LogP contribution in [0.4, 0.5) is 25.1 Å². The Bertz CT molecular complexity index is 854. The van der Waals surface area contributed by atoms with Crippen molar-refractivity contribution in [1.29, 1.82) is 0 Å². The Balaban J connectivity index is 1.45. The van der Waals surface area contributed by atoms with Gasteiger partial charge in [0.15, 0.2) is 0 Å². The fourth-order valence-corrected chi connectivity index (χ4v) is 3.47. The molecule has 142 valence electrons. The smallest absolute Gasteiger partial charge is 0.324 e. The molecule has 0 saturated carbocycles. The van der Waals surface area contributed by atoms with Crippen LogP contribution in [0.3, 0.4) is 0 Å². The zero-order chi connectivity index (χ0) is 19.0. The van der Waals surface area contributed by atoms with E-state index in [0.29, 0.717) is 55.8 Å². The van der Waals surface area contributed by atoms with Crippen LogP contribution in [-0.2, 0) is 0 Å². The van der Waals surface area contributed by atoms with Crippen molar-refractivity contribution in [3.05, 3.63) is 47.1 Å². The molecule has 1 saturated heterocycles. The number of benzene rings is 1. The molecule has 0 aliphatic carbocycles. The number of piperazine rings is 1. The second-order valence-electron chi connectivity index (χ2n) is 6.34. The zero-order valence-electron chi connectivity index (χ0n) is 14.4. The summed E-state index contributed by atoms with van der Waals surface area (Å²) in [6.07, 6.45) is 0. The van der Waals surface area contributed by atoms with Crippen molar-refractivity contribution in [3.63, 3.8) is 0 Å². The molecule has 6 nitrogen and oxygen atoms in total. The van der Waals surface area contributed by atoms with E-state index in [2.05, 4.69) is 4.98 Å². The molecule has 0 bridgehead atoms. The number of hydrogen-bond donors (Lipinski definition) is 0. The van der Waals surface area contributed by atoms with E-state index in [4.69, 9.17) is 16.3 Å². The summed E-state index contributed by atoms with van der Waals surface area (Å²) >= 11 is 5.99. The lowest BCUT2D eigenvalue weighted by Gasteiger charge is -2.39. The van der Waals surface area contributed by atoms with Crippen LogP contribution in [-0.4, -0.2) is 55.2 Å². The summed E-state index contributed by atoms with van der Waals surface area (Å²) in [5, 5.41) is 0.548. The van der Waals surface area contributed by atoms with Crippen LogP contribution in [0.2, 0.25) is 5.02 Å². The Morgan fingerprint density at radius 2 is 1.85 bits per heavy atom. The highest BCUT2D eigenvalue weighted by Crippen LogP contribution is 2.34. The quantitative estimate of drug-likeness (QED) is 0.697. The molecule has 3 heterocycles. The molecule has 1 aromatic heterocycles. The first-order valence-corrected chi connectivity index (χ1v) is 8.96. The molecule has 0 unspecified atom stereocenters. The summed E-state index contributed by atoms with van der Waals surface area (Å²) in [6.45, 7) is 2.59. The van der Waals surface area contributed by atoms with Crippen molar-refractivity contribution in [3.8, 4) is 5.75 Å². The molecule has 0 atom stereocenters. The van der Waals surface area contributed by atoms with Crippen LogP contribution < -0.4 is 14.5 Å². The van der Waals surface area contributed by atoms with Gasteiger partial charge in [-0.05, 0) is 12.1 Å². The van der Waals surface area contributed by atoms with Crippen LogP contribution >= 0.6 is 11.6 Å². The van der Waals surface area contributed by atoms with E-state index in [1.807, 2.05) is 0 Å². The number of pyridine rings is 1. The van der Waals surface area contributed by atoms with Gasteiger partial charge in [0, 0.05) is 49.4 Å². The normalized spacial score (nSPS) is 16.8. The van der Waals surface area contributed by atoms with Gasteiger partial charge in [-0.15, -0.1) is 0 Å². The van der Waals surface area contributed by atoms with Gasteiger partial charge in [-0.2, -0.15) is 4.39 Å². The molecule has 9 heteroatoms. The second kappa shape index (κ2) is 7.19. The number of carbonyl (C=O) groups excluding carboxylic acids is 1. The van der Waals surface area contributed by atoms with Crippen molar-refractivity contribution in [2.45, 2.75) is 0 Å². The lowest BCUT2D eigenvalue weighted by Crippen LogP contribution is -2.54. The fourth-order valence-electron chi connectivity index (χ4n) is 3.30. The Morgan fingerprint density at radius 3 is 2.59 bits per heavy atom. The SMILES string of the molecule is O=C(N1CCN(c2cc(F)cc(F)n2)CC1)N1CCOc2cc(Cl)ccc21. The molecule has 2 amide bonds. The highest BCUT2D eigenvalue weighted by molar-refractivity contribution is 6.30. The third kappa shape index (κ3) is 3.62. The van der Waals surface area contributed by atoms with Gasteiger partial charge >= 0.3 is 6.03 Å². The Hall–Kier alpha value is -2.61. The first-order chi connectivity index (χ1) is 13.0. The number of urea groups is 1. The molecule has 0 N–H and O–H groups in total. The van der Waals surface area contributed by atoms with Crippen LogP contribution in [0.5, 0.6) is 5.75 Å². The standard InChI is InChI=1S/C18H17ClF2N4O2/c19-12-1-2-14-15(9-12)27-8-7-25(14)18(26)24-5-3-23(4-6-24)17-11-13(20)10-16(21)22-17/h1-2,9-11H,3-8H2. The fraction of sp³-hybridized carbons (Fsp3) is 0.333. The Morgan fingerprint density at radius 1 is 1.07 bits per heavy atom. The largest absolute Gasteiger partial charge is 0.489 e. The summed E-state index contributed by atoms with van der Waals surface area (Å²) in [4.78, 5) is 21.8. The first kappa shape index (κ1) is 17.8. The van der Waals surface area contributed by atoms with E-state index < -0.39 is 11.8 Å². The van der Waals surface area contributed by atoms with Crippen LogP contribution in [0.15, 0.2) is 30.3 Å². The summed E-state index contributed by atoms with van der Waals surface area (Å²) in [6, 6.07) is 6.99. The van der Waals surface area contributed by atoms with Gasteiger partial charge in [-0.25, -0.2) is 14.2 Å². The Labute approximate surface area is 159 Å². The maximum Gasteiger partial charge on any atom is 0.324 e. The van der Waals surface area contributed by atoms with E-state index in [1.54, 1.807) is 32.9 Å². The van der Waals surface area contributed by atoms with Crippen molar-refractivity contribution in [1.82, 2.24) is 9.88 Å². The van der Waals surface area contributed by atoms with E-state index in [1.165, 1.54) is 6.07 Å². The minimum absolute atomic E-state index is 0.125. The van der Waals surface area contributed by atoms with E-state index >= 15 is 0 Å². The maximum absolute atomic E-state index is 13.4. The molecule has 0 radical (unpaired) electrons. The van der Waals surface area contributed by atoms with Crippen molar-refractivity contribution in [2.75, 3.05) is 49.1 Å². The van der Waals surface area contributed by atoms with Gasteiger partial charge < -0.3 is 14.5 Å². The lowest BCUT2D eigenvalue weighted by molar-refractivity contribution is 0.196. The summed E-state index contributed by atoms with van der Waals surface area (Å²) in [5.41, 5.74) is 0.687. The number of nitrogens with zero attached hydrogens (tertiary/aromatic N) is 4. The molecular formula is C18H17ClF2N4O2. The number of aromatic nitrogens is 1. The summed E-state index contributed by atoms with van der Waals surface area (Å²) in [7, 11) is 0. The molecule has 27 heavy (non-hydrogen) atoms. The average molecular weight is 395 g/mol. The number of fused-ring (bicyclic) bond motifs is 1. The lowest BCUT2D eigenvalue weighted by atomic mass is 10.2. The first-order valence-electron chi connectivity index (χ1n) is 8.58. The maximum atomic E-state index is 13.4. The average Bonchev–Trinajstić information content (AvgIpc) is 2.66. The summed E-state index contributed by atoms with van der Waals surface area (Å²) in [5.74, 6) is -0.696. The Kier molecular flexibility index (Phi) is 4.73. The number of amides is 2. The van der Waals surface area contributed by atoms with Crippen molar-refractivity contribution < 1.29 is 18.3 Å². The van der Waals surface area contributed by atoms with Crippen LogP contribution in [0.25, 0.3) is 0 Å². The highest BCUT2D eigenvalue weighted by Gasteiger charge is 2.30. The van der Waals surface area contributed by atoms with Crippen molar-refractivity contribution >= 4 is 29.1 Å². The summed E-state index contributed by atoms with van der Waals surface area (Å²) < 4.78 is 32.3. The van der Waals surface area contributed by atoms with Gasteiger partial charge in [0.05, 0.1) is 12.2 Å². The molecule has 2 aliphatic rings. The zero-order valence-corrected chi connectivity index (χ0v) is 15.1. The molecule has 4 rings (SSSR count). The third-order valence-electron chi connectivity index (χ3n) is 4.64. The van der Waals surface area contributed by atoms with Crippen LogP contribution in [0.1, 0.15) is 0 Å². The van der Waals surface area contributed by atoms with Crippen molar-refractivity contribution in [2.24, 2.45) is 0 Å². The topological polar surface area (TPSA) is 48.9 Å². The number of ether oxygens (including phenoxy) is 1. The number of hydrogen-bond acceptors (Lipinski definition) is 4. The van der Waals surface area contributed by atoms with Crippen LogP contribution in [0, 0.1) is 11.8 Å². The molecule has 2 aromatic rings. The number of carbonyl (C=O) groups is 1.